The van der Waals surface area contributed by atoms with E-state index in [-0.39, 0.29) is 5.91 Å². The Morgan fingerprint density at radius 2 is 1.81 bits per heavy atom. The fraction of sp³-hybridized carbons (Fsp3) is 0.577. The summed E-state index contributed by atoms with van der Waals surface area (Å²) in [6.07, 6.45) is 7.99. The zero-order chi connectivity index (χ0) is 21.8. The number of nitrogens with zero attached hydrogens (tertiary/aromatic N) is 3. The number of hydrogen-bond donors (Lipinski definition) is 0. The largest absolute Gasteiger partial charge is 0.476 e. The molecule has 0 saturated carbocycles. The van der Waals surface area contributed by atoms with Gasteiger partial charge in [0.2, 0.25) is 11.8 Å². The van der Waals surface area contributed by atoms with E-state index in [1.54, 1.807) is 0 Å². The summed E-state index contributed by atoms with van der Waals surface area (Å²) in [6.45, 7) is 3.52. The molecule has 32 heavy (non-hydrogen) atoms. The van der Waals surface area contributed by atoms with E-state index in [0.717, 1.165) is 62.9 Å². The molecular formula is C26H33N3O3. The maximum atomic E-state index is 13.7. The predicted molar refractivity (Wildman–Crippen MR) is 122 cm³/mol. The Morgan fingerprint density at radius 3 is 2.59 bits per heavy atom. The van der Waals surface area contributed by atoms with Gasteiger partial charge in [0, 0.05) is 32.4 Å². The van der Waals surface area contributed by atoms with Gasteiger partial charge in [0.1, 0.15) is 0 Å². The SMILES string of the molecule is O=C(N1CCC(COc2cc3c(nn2)CCCC3)CC1)C1(c2ccccc2)CCOCC1. The Labute approximate surface area is 190 Å². The van der Waals surface area contributed by atoms with Crippen molar-refractivity contribution < 1.29 is 14.3 Å². The van der Waals surface area contributed by atoms with Gasteiger partial charge in [0.15, 0.2) is 0 Å². The molecule has 0 spiro atoms. The number of carbonyl (C=O) groups is 1. The monoisotopic (exact) mass is 435 g/mol. The minimum atomic E-state index is -0.443. The van der Waals surface area contributed by atoms with Gasteiger partial charge in [-0.3, -0.25) is 4.79 Å². The zero-order valence-corrected chi connectivity index (χ0v) is 18.8. The van der Waals surface area contributed by atoms with Crippen molar-refractivity contribution in [2.75, 3.05) is 32.9 Å². The molecule has 0 atom stereocenters. The van der Waals surface area contributed by atoms with Crippen molar-refractivity contribution in [3.63, 3.8) is 0 Å². The van der Waals surface area contributed by atoms with Crippen LogP contribution < -0.4 is 4.74 Å². The summed E-state index contributed by atoms with van der Waals surface area (Å²) >= 11 is 0. The minimum absolute atomic E-state index is 0.270. The fourth-order valence-corrected chi connectivity index (χ4v) is 5.45. The number of benzene rings is 1. The first-order valence-corrected chi connectivity index (χ1v) is 12.2. The number of fused-ring (bicyclic) bond motifs is 1. The Balaban J connectivity index is 1.18. The first-order chi connectivity index (χ1) is 15.7. The third-order valence-electron chi connectivity index (χ3n) is 7.50. The Kier molecular flexibility index (Phi) is 6.39. The summed E-state index contributed by atoms with van der Waals surface area (Å²) in [5.74, 6) is 1.36. The summed E-state index contributed by atoms with van der Waals surface area (Å²) < 4.78 is 11.6. The molecule has 170 valence electrons. The van der Waals surface area contributed by atoms with Crippen LogP contribution in [-0.2, 0) is 27.8 Å². The van der Waals surface area contributed by atoms with Crippen molar-refractivity contribution in [1.82, 2.24) is 15.1 Å². The Hall–Kier alpha value is -2.47. The molecule has 0 unspecified atom stereocenters. The molecule has 1 aliphatic carbocycles. The van der Waals surface area contributed by atoms with Crippen LogP contribution in [0.15, 0.2) is 36.4 Å². The quantitative estimate of drug-likeness (QED) is 0.716. The van der Waals surface area contributed by atoms with E-state index in [0.29, 0.717) is 31.6 Å². The van der Waals surface area contributed by atoms with E-state index in [1.807, 2.05) is 18.2 Å². The van der Waals surface area contributed by atoms with Crippen LogP contribution in [0, 0.1) is 5.92 Å². The number of hydrogen-bond acceptors (Lipinski definition) is 5. The second-order valence-electron chi connectivity index (χ2n) is 9.47. The molecule has 1 amide bonds. The van der Waals surface area contributed by atoms with E-state index in [2.05, 4.69) is 33.3 Å². The molecule has 6 nitrogen and oxygen atoms in total. The molecule has 2 aliphatic heterocycles. The van der Waals surface area contributed by atoms with Crippen LogP contribution >= 0.6 is 0 Å². The molecule has 2 saturated heterocycles. The van der Waals surface area contributed by atoms with Crippen molar-refractivity contribution in [2.45, 2.75) is 56.8 Å². The van der Waals surface area contributed by atoms with Gasteiger partial charge in [-0.2, -0.15) is 5.10 Å². The number of aryl methyl sites for hydroxylation is 2. The highest BCUT2D eigenvalue weighted by Gasteiger charge is 2.44. The zero-order valence-electron chi connectivity index (χ0n) is 18.8. The van der Waals surface area contributed by atoms with Crippen molar-refractivity contribution in [2.24, 2.45) is 5.92 Å². The lowest BCUT2D eigenvalue weighted by molar-refractivity contribution is -0.143. The first kappa shape index (κ1) is 21.4. The van der Waals surface area contributed by atoms with Gasteiger partial charge in [0.25, 0.3) is 0 Å². The Bertz CT molecular complexity index is 919. The molecule has 3 heterocycles. The normalized spacial score (nSPS) is 21.1. The van der Waals surface area contributed by atoms with Crippen molar-refractivity contribution >= 4 is 5.91 Å². The van der Waals surface area contributed by atoms with Gasteiger partial charge in [0.05, 0.1) is 17.7 Å². The maximum absolute atomic E-state index is 13.7. The van der Waals surface area contributed by atoms with Crippen LogP contribution in [0.5, 0.6) is 5.88 Å². The lowest BCUT2D eigenvalue weighted by Gasteiger charge is -2.42. The lowest BCUT2D eigenvalue weighted by Crippen LogP contribution is -2.52. The highest BCUT2D eigenvalue weighted by atomic mass is 16.5. The third-order valence-corrected chi connectivity index (χ3v) is 7.50. The van der Waals surface area contributed by atoms with Crippen LogP contribution in [0.4, 0.5) is 0 Å². The third kappa shape index (κ3) is 4.38. The number of likely N-dealkylation sites (tertiary alicyclic amines) is 1. The number of carbonyl (C=O) groups excluding carboxylic acids is 1. The second kappa shape index (κ2) is 9.57. The summed E-state index contributed by atoms with van der Waals surface area (Å²) in [5, 5.41) is 8.64. The van der Waals surface area contributed by atoms with Crippen LogP contribution in [0.25, 0.3) is 0 Å². The van der Waals surface area contributed by atoms with Gasteiger partial charge in [-0.1, -0.05) is 30.3 Å². The average molecular weight is 436 g/mol. The number of amides is 1. The molecule has 1 aromatic heterocycles. The van der Waals surface area contributed by atoms with Gasteiger partial charge in [-0.15, -0.1) is 5.10 Å². The molecule has 0 N–H and O–H groups in total. The van der Waals surface area contributed by atoms with Crippen molar-refractivity contribution in [3.05, 3.63) is 53.2 Å². The molecule has 2 fully saturated rings. The van der Waals surface area contributed by atoms with Crippen LogP contribution in [0.1, 0.15) is 55.3 Å². The van der Waals surface area contributed by atoms with Crippen LogP contribution in [-0.4, -0.2) is 53.9 Å². The first-order valence-electron chi connectivity index (χ1n) is 12.2. The molecule has 2 aromatic rings. The van der Waals surface area contributed by atoms with Gasteiger partial charge < -0.3 is 14.4 Å². The molecule has 1 aromatic carbocycles. The molecule has 0 bridgehead atoms. The highest BCUT2D eigenvalue weighted by Crippen LogP contribution is 2.37. The number of ether oxygens (including phenoxy) is 2. The topological polar surface area (TPSA) is 64.6 Å². The van der Waals surface area contributed by atoms with E-state index in [4.69, 9.17) is 9.47 Å². The smallest absolute Gasteiger partial charge is 0.233 e. The van der Waals surface area contributed by atoms with Gasteiger partial charge in [-0.05, 0) is 68.4 Å². The summed E-state index contributed by atoms with van der Waals surface area (Å²) in [5.41, 5.74) is 3.12. The summed E-state index contributed by atoms with van der Waals surface area (Å²) in [7, 11) is 0. The molecule has 0 radical (unpaired) electrons. The average Bonchev–Trinajstić information content (AvgIpc) is 2.88. The number of piperidine rings is 1. The van der Waals surface area contributed by atoms with Gasteiger partial charge in [-0.25, -0.2) is 0 Å². The van der Waals surface area contributed by atoms with Crippen molar-refractivity contribution in [3.8, 4) is 5.88 Å². The molecule has 6 heteroatoms. The number of aromatic nitrogens is 2. The summed E-state index contributed by atoms with van der Waals surface area (Å²) in [6, 6.07) is 12.4. The second-order valence-corrected chi connectivity index (χ2v) is 9.47. The van der Waals surface area contributed by atoms with E-state index in [1.165, 1.54) is 18.4 Å². The van der Waals surface area contributed by atoms with Gasteiger partial charge >= 0.3 is 0 Å². The fourth-order valence-electron chi connectivity index (χ4n) is 5.45. The van der Waals surface area contributed by atoms with Crippen LogP contribution in [0.2, 0.25) is 0 Å². The predicted octanol–water partition coefficient (Wildman–Crippen LogP) is 3.72. The summed E-state index contributed by atoms with van der Waals surface area (Å²) in [4.78, 5) is 15.8. The number of rotatable bonds is 5. The van der Waals surface area contributed by atoms with Crippen molar-refractivity contribution in [1.29, 1.82) is 0 Å². The molecule has 3 aliphatic rings. The maximum Gasteiger partial charge on any atom is 0.233 e. The van der Waals surface area contributed by atoms with E-state index < -0.39 is 5.41 Å². The molecular weight excluding hydrogens is 402 g/mol. The standard InChI is InChI=1S/C26H33N3O3/c30-25(26(12-16-31-17-13-26)22-7-2-1-3-8-22)29-14-10-20(11-15-29)19-32-24-18-21-6-4-5-9-23(21)27-28-24/h1-3,7-8,18,20H,4-6,9-17,19H2. The molecule has 5 rings (SSSR count). The van der Waals surface area contributed by atoms with Crippen LogP contribution in [0.3, 0.4) is 0 Å². The lowest BCUT2D eigenvalue weighted by atomic mass is 9.72. The minimum Gasteiger partial charge on any atom is -0.476 e. The highest BCUT2D eigenvalue weighted by molar-refractivity contribution is 5.88. The Morgan fingerprint density at radius 1 is 1.06 bits per heavy atom. The van der Waals surface area contributed by atoms with E-state index in [9.17, 15) is 4.79 Å². The van der Waals surface area contributed by atoms with E-state index >= 15 is 0 Å².